The lowest BCUT2D eigenvalue weighted by Gasteiger charge is -2.28. The number of carbonyl (C=O) groups is 2. The highest BCUT2D eigenvalue weighted by Gasteiger charge is 2.39. The smallest absolute Gasteiger partial charge is 0.463 e. The van der Waals surface area contributed by atoms with Crippen LogP contribution >= 0.6 is 0 Å². The van der Waals surface area contributed by atoms with Crippen molar-refractivity contribution >= 4 is 20.7 Å². The Hall–Kier alpha value is -1.26. The second-order valence-electron chi connectivity index (χ2n) is 4.02. The molecule has 0 amide bonds. The van der Waals surface area contributed by atoms with Gasteiger partial charge in [0.25, 0.3) is 0 Å². The Balaban J connectivity index is 4.24. The second kappa shape index (κ2) is 12.3. The lowest BCUT2D eigenvalue weighted by Crippen LogP contribution is -2.46. The van der Waals surface area contributed by atoms with Gasteiger partial charge in [-0.25, -0.2) is 9.59 Å². The van der Waals surface area contributed by atoms with Crippen LogP contribution in [0, 0.1) is 0 Å². The van der Waals surface area contributed by atoms with Crippen LogP contribution in [0.25, 0.3) is 0 Å². The lowest BCUT2D eigenvalue weighted by molar-refractivity contribution is -0.140. The zero-order chi connectivity index (χ0) is 16.8. The SMILES string of the molecule is CCO[Si](CCCOC(=O)C=CC(=O)ON)(OCC)OCC. The quantitative estimate of drug-likeness (QED) is 0.185. The van der Waals surface area contributed by atoms with Crippen molar-refractivity contribution in [2.75, 3.05) is 26.4 Å². The summed E-state index contributed by atoms with van der Waals surface area (Å²) >= 11 is 0. The normalized spacial score (nSPS) is 11.6. The van der Waals surface area contributed by atoms with Crippen LogP contribution < -0.4 is 5.90 Å². The van der Waals surface area contributed by atoms with Crippen molar-refractivity contribution in [2.45, 2.75) is 33.2 Å². The maximum Gasteiger partial charge on any atom is 0.501 e. The van der Waals surface area contributed by atoms with E-state index >= 15 is 0 Å². The third kappa shape index (κ3) is 8.90. The minimum Gasteiger partial charge on any atom is -0.463 e. The van der Waals surface area contributed by atoms with Crippen molar-refractivity contribution in [3.8, 4) is 0 Å². The van der Waals surface area contributed by atoms with Crippen molar-refractivity contribution < 1.29 is 32.4 Å². The summed E-state index contributed by atoms with van der Waals surface area (Å²) in [6, 6.07) is 0.546. The molecule has 0 radical (unpaired) electrons. The Morgan fingerprint density at radius 1 is 0.955 bits per heavy atom. The van der Waals surface area contributed by atoms with Crippen LogP contribution in [0.15, 0.2) is 12.2 Å². The Labute approximate surface area is 131 Å². The van der Waals surface area contributed by atoms with E-state index in [1.807, 2.05) is 20.8 Å². The molecule has 0 aromatic heterocycles. The third-order valence-corrected chi connectivity index (χ3v) is 5.59. The maximum absolute atomic E-state index is 11.3. The molecule has 0 unspecified atom stereocenters. The van der Waals surface area contributed by atoms with Crippen molar-refractivity contribution in [3.05, 3.63) is 12.2 Å². The van der Waals surface area contributed by atoms with E-state index in [2.05, 4.69) is 10.7 Å². The fourth-order valence-corrected chi connectivity index (χ4v) is 4.27. The molecule has 0 atom stereocenters. The molecule has 8 nitrogen and oxygen atoms in total. The number of rotatable bonds is 12. The van der Waals surface area contributed by atoms with Crippen LogP contribution in [0.5, 0.6) is 0 Å². The highest BCUT2D eigenvalue weighted by atomic mass is 28.4. The largest absolute Gasteiger partial charge is 0.501 e. The summed E-state index contributed by atoms with van der Waals surface area (Å²) in [5.41, 5.74) is 0. The Kier molecular flexibility index (Phi) is 11.6. The fourth-order valence-electron chi connectivity index (χ4n) is 1.69. The molecule has 0 aromatic rings. The number of ether oxygens (including phenoxy) is 1. The van der Waals surface area contributed by atoms with E-state index in [0.717, 1.165) is 12.2 Å². The number of nitrogens with two attached hydrogens (primary N) is 1. The molecule has 0 aliphatic heterocycles. The molecular weight excluding hydrogens is 310 g/mol. The Morgan fingerprint density at radius 2 is 1.45 bits per heavy atom. The molecule has 0 rings (SSSR count). The molecule has 0 aliphatic carbocycles. The van der Waals surface area contributed by atoms with Gasteiger partial charge in [0.05, 0.1) is 6.61 Å². The van der Waals surface area contributed by atoms with Gasteiger partial charge in [0, 0.05) is 38.0 Å². The minimum absolute atomic E-state index is 0.169. The predicted octanol–water partition coefficient (Wildman–Crippen LogP) is 0.941. The van der Waals surface area contributed by atoms with Crippen molar-refractivity contribution in [3.63, 3.8) is 0 Å². The van der Waals surface area contributed by atoms with Crippen LogP contribution in [-0.2, 0) is 32.4 Å². The summed E-state index contributed by atoms with van der Waals surface area (Å²) in [4.78, 5) is 25.9. The highest BCUT2D eigenvalue weighted by molar-refractivity contribution is 6.60. The third-order valence-electron chi connectivity index (χ3n) is 2.44. The average molecular weight is 335 g/mol. The van der Waals surface area contributed by atoms with Gasteiger partial charge in [-0.2, -0.15) is 5.90 Å². The van der Waals surface area contributed by atoms with Gasteiger partial charge in [-0.1, -0.05) is 0 Å². The molecule has 9 heteroatoms. The van der Waals surface area contributed by atoms with Crippen LogP contribution in [0.4, 0.5) is 0 Å². The van der Waals surface area contributed by atoms with Crippen molar-refractivity contribution in [2.24, 2.45) is 5.90 Å². The highest BCUT2D eigenvalue weighted by Crippen LogP contribution is 2.18. The molecular formula is C13H25NO7Si. The van der Waals surface area contributed by atoms with Gasteiger partial charge >= 0.3 is 20.7 Å². The second-order valence-corrected chi connectivity index (χ2v) is 6.76. The molecule has 0 aromatic carbocycles. The summed E-state index contributed by atoms with van der Waals surface area (Å²) < 4.78 is 22.0. The molecule has 0 saturated heterocycles. The van der Waals surface area contributed by atoms with Gasteiger partial charge in [0.2, 0.25) is 0 Å². The van der Waals surface area contributed by atoms with Crippen LogP contribution in [-0.4, -0.2) is 47.2 Å². The topological polar surface area (TPSA) is 106 Å². The van der Waals surface area contributed by atoms with E-state index in [1.165, 1.54) is 0 Å². The number of carbonyl (C=O) groups excluding carboxylic acids is 2. The summed E-state index contributed by atoms with van der Waals surface area (Å²) in [6.45, 7) is 7.29. The van der Waals surface area contributed by atoms with E-state index in [0.29, 0.717) is 32.3 Å². The van der Waals surface area contributed by atoms with E-state index in [1.54, 1.807) is 0 Å². The Morgan fingerprint density at radius 3 is 1.91 bits per heavy atom. The van der Waals surface area contributed by atoms with Gasteiger partial charge in [-0.15, -0.1) is 0 Å². The molecule has 0 spiro atoms. The van der Waals surface area contributed by atoms with Gasteiger partial charge in [0.1, 0.15) is 0 Å². The van der Waals surface area contributed by atoms with E-state index in [9.17, 15) is 9.59 Å². The van der Waals surface area contributed by atoms with E-state index in [4.69, 9.17) is 18.0 Å². The number of hydrogen-bond donors (Lipinski definition) is 1. The van der Waals surface area contributed by atoms with Crippen molar-refractivity contribution in [1.82, 2.24) is 0 Å². The number of hydrogen-bond acceptors (Lipinski definition) is 8. The molecule has 22 heavy (non-hydrogen) atoms. The zero-order valence-electron chi connectivity index (χ0n) is 13.3. The van der Waals surface area contributed by atoms with E-state index in [-0.39, 0.29) is 6.61 Å². The van der Waals surface area contributed by atoms with Crippen LogP contribution in [0.2, 0.25) is 6.04 Å². The summed E-state index contributed by atoms with van der Waals surface area (Å²) in [5, 5.41) is 0. The van der Waals surface area contributed by atoms with Gasteiger partial charge < -0.3 is 22.9 Å². The maximum atomic E-state index is 11.3. The first-order chi connectivity index (χ1) is 10.5. The first-order valence-corrected chi connectivity index (χ1v) is 9.14. The van der Waals surface area contributed by atoms with Crippen molar-refractivity contribution in [1.29, 1.82) is 0 Å². The van der Waals surface area contributed by atoms with Gasteiger partial charge in [-0.05, 0) is 27.2 Å². The molecule has 0 aliphatic rings. The van der Waals surface area contributed by atoms with E-state index < -0.39 is 20.7 Å². The van der Waals surface area contributed by atoms with Gasteiger partial charge in [0.15, 0.2) is 0 Å². The molecule has 2 N–H and O–H groups in total. The van der Waals surface area contributed by atoms with Gasteiger partial charge in [-0.3, -0.25) is 0 Å². The average Bonchev–Trinajstić information content (AvgIpc) is 2.50. The minimum atomic E-state index is -2.71. The summed E-state index contributed by atoms with van der Waals surface area (Å²) in [7, 11) is -2.71. The monoisotopic (exact) mass is 335 g/mol. The summed E-state index contributed by atoms with van der Waals surface area (Å²) in [5.74, 6) is 3.15. The lowest BCUT2D eigenvalue weighted by atomic mass is 10.5. The zero-order valence-corrected chi connectivity index (χ0v) is 14.3. The predicted molar refractivity (Wildman–Crippen MR) is 80.4 cm³/mol. The van der Waals surface area contributed by atoms with Crippen LogP contribution in [0.3, 0.4) is 0 Å². The molecule has 0 fully saturated rings. The molecule has 0 bridgehead atoms. The summed E-state index contributed by atoms with van der Waals surface area (Å²) in [6.07, 6.45) is 2.38. The van der Waals surface area contributed by atoms with Crippen LogP contribution in [0.1, 0.15) is 27.2 Å². The molecule has 128 valence electrons. The fraction of sp³-hybridized carbons (Fsp3) is 0.692. The first kappa shape index (κ1) is 20.7. The Bertz CT molecular complexity index is 345. The molecule has 0 heterocycles. The standard InChI is InChI=1S/C13H25NO7Si/c1-4-18-22(19-5-2,20-6-3)11-7-10-17-12(15)8-9-13(16)21-14/h8-9H,4-7,10-11,14H2,1-3H3. The first-order valence-electron chi connectivity index (χ1n) is 7.20. The number of esters is 1. The molecule has 0 saturated carbocycles.